The molecule has 1 amide bonds. The number of halogens is 1. The summed E-state index contributed by atoms with van der Waals surface area (Å²) in [4.78, 5) is 12.5. The van der Waals surface area contributed by atoms with Crippen molar-refractivity contribution in [1.29, 1.82) is 0 Å². The number of carbonyl (C=O) groups is 1. The maximum Gasteiger partial charge on any atom is 0.251 e. The second-order valence-corrected chi connectivity index (χ2v) is 6.41. The quantitative estimate of drug-likeness (QED) is 0.854. The summed E-state index contributed by atoms with van der Waals surface area (Å²) in [6, 6.07) is 15.3. The monoisotopic (exact) mass is 329 g/mol. The Kier molecular flexibility index (Phi) is 4.99. The van der Waals surface area contributed by atoms with Crippen LogP contribution >= 0.6 is 11.6 Å². The summed E-state index contributed by atoms with van der Waals surface area (Å²) in [5.41, 5.74) is 2.84. The summed E-state index contributed by atoms with van der Waals surface area (Å²) in [5.74, 6) is 0.480. The van der Waals surface area contributed by atoms with Gasteiger partial charge < -0.3 is 10.1 Å². The zero-order chi connectivity index (χ0) is 16.2. The van der Waals surface area contributed by atoms with Crippen LogP contribution in [0.3, 0.4) is 0 Å². The molecule has 0 heterocycles. The zero-order valence-corrected chi connectivity index (χ0v) is 13.8. The minimum absolute atomic E-state index is 0.0409. The fraction of sp³-hybridized carbons (Fsp3) is 0.316. The first-order chi connectivity index (χ1) is 11.2. The predicted octanol–water partition coefficient (Wildman–Crippen LogP) is 4.37. The largest absolute Gasteiger partial charge is 0.380 e. The Morgan fingerprint density at radius 1 is 1.17 bits per heavy atom. The highest BCUT2D eigenvalue weighted by Gasteiger charge is 2.33. The van der Waals surface area contributed by atoms with Gasteiger partial charge in [-0.3, -0.25) is 4.79 Å². The van der Waals surface area contributed by atoms with E-state index in [9.17, 15) is 4.79 Å². The summed E-state index contributed by atoms with van der Waals surface area (Å²) < 4.78 is 5.09. The molecule has 2 aromatic carbocycles. The van der Waals surface area contributed by atoms with Crippen molar-refractivity contribution >= 4 is 17.5 Å². The van der Waals surface area contributed by atoms with Crippen LogP contribution in [-0.2, 0) is 11.3 Å². The molecule has 0 aliphatic heterocycles. The molecule has 120 valence electrons. The molecular formula is C19H20ClNO2. The van der Waals surface area contributed by atoms with Gasteiger partial charge in [0, 0.05) is 17.7 Å². The maximum absolute atomic E-state index is 12.5. The lowest BCUT2D eigenvalue weighted by Gasteiger charge is -2.19. The molecule has 1 unspecified atom stereocenters. The molecule has 3 rings (SSSR count). The molecule has 1 atom stereocenters. The number of rotatable bonds is 6. The van der Waals surface area contributed by atoms with Crippen molar-refractivity contribution in [3.05, 3.63) is 70.2 Å². The van der Waals surface area contributed by atoms with Crippen LogP contribution in [0.1, 0.15) is 40.4 Å². The average Bonchev–Trinajstić information content (AvgIpc) is 3.39. The van der Waals surface area contributed by atoms with Crippen LogP contribution in [0.2, 0.25) is 5.02 Å². The van der Waals surface area contributed by atoms with Crippen LogP contribution in [-0.4, -0.2) is 13.0 Å². The van der Waals surface area contributed by atoms with E-state index in [1.54, 1.807) is 7.11 Å². The van der Waals surface area contributed by atoms with E-state index in [0.717, 1.165) is 24.0 Å². The Hall–Kier alpha value is -1.84. The number of hydrogen-bond acceptors (Lipinski definition) is 2. The van der Waals surface area contributed by atoms with E-state index in [1.165, 1.54) is 0 Å². The van der Waals surface area contributed by atoms with Gasteiger partial charge in [0.2, 0.25) is 0 Å². The standard InChI is InChI=1S/C19H20ClNO2/c1-23-12-13-2-4-16(5-3-13)19(22)21-18(14-6-7-14)15-8-10-17(20)11-9-15/h2-5,8-11,14,18H,6-7,12H2,1H3,(H,21,22). The van der Waals surface area contributed by atoms with Gasteiger partial charge in [0.25, 0.3) is 5.91 Å². The normalized spacial score (nSPS) is 15.2. The number of carbonyl (C=O) groups excluding carboxylic acids is 1. The second kappa shape index (κ2) is 7.16. The minimum Gasteiger partial charge on any atom is -0.380 e. The van der Waals surface area contributed by atoms with E-state index < -0.39 is 0 Å². The van der Waals surface area contributed by atoms with E-state index in [4.69, 9.17) is 16.3 Å². The molecule has 0 spiro atoms. The van der Waals surface area contributed by atoms with Crippen LogP contribution in [0.25, 0.3) is 0 Å². The summed E-state index contributed by atoms with van der Waals surface area (Å²) in [5, 5.41) is 3.88. The predicted molar refractivity (Wildman–Crippen MR) is 91.5 cm³/mol. The molecule has 0 radical (unpaired) electrons. The molecule has 1 saturated carbocycles. The van der Waals surface area contributed by atoms with Gasteiger partial charge in [-0.15, -0.1) is 0 Å². The van der Waals surface area contributed by atoms with Gasteiger partial charge in [-0.1, -0.05) is 35.9 Å². The number of ether oxygens (including phenoxy) is 1. The van der Waals surface area contributed by atoms with Gasteiger partial charge in [0.1, 0.15) is 0 Å². The Balaban J connectivity index is 1.72. The van der Waals surface area contributed by atoms with Crippen LogP contribution in [0.15, 0.2) is 48.5 Å². The summed E-state index contributed by atoms with van der Waals surface area (Å²) >= 11 is 5.96. The topological polar surface area (TPSA) is 38.3 Å². The summed E-state index contributed by atoms with van der Waals surface area (Å²) in [7, 11) is 1.66. The van der Waals surface area contributed by atoms with Gasteiger partial charge in [-0.2, -0.15) is 0 Å². The van der Waals surface area contributed by atoms with E-state index >= 15 is 0 Å². The average molecular weight is 330 g/mol. The molecule has 0 aromatic heterocycles. The first kappa shape index (κ1) is 16.0. The lowest BCUT2D eigenvalue weighted by Crippen LogP contribution is -2.29. The summed E-state index contributed by atoms with van der Waals surface area (Å²) in [6.07, 6.45) is 2.31. The van der Waals surface area contributed by atoms with Crippen molar-refractivity contribution in [1.82, 2.24) is 5.32 Å². The molecule has 1 aliphatic carbocycles. The SMILES string of the molecule is COCc1ccc(C(=O)NC(c2ccc(Cl)cc2)C2CC2)cc1. The molecule has 3 nitrogen and oxygen atoms in total. The molecule has 1 aliphatic rings. The van der Waals surface area contributed by atoms with E-state index in [0.29, 0.717) is 23.1 Å². The van der Waals surface area contributed by atoms with Crippen molar-refractivity contribution in [2.75, 3.05) is 7.11 Å². The van der Waals surface area contributed by atoms with Crippen LogP contribution in [0.5, 0.6) is 0 Å². The van der Waals surface area contributed by atoms with Crippen LogP contribution in [0, 0.1) is 5.92 Å². The fourth-order valence-electron chi connectivity index (χ4n) is 2.72. The Bertz CT molecular complexity index is 663. The number of amides is 1. The van der Waals surface area contributed by atoms with E-state index in [2.05, 4.69) is 5.32 Å². The van der Waals surface area contributed by atoms with Crippen LogP contribution < -0.4 is 5.32 Å². The third kappa shape index (κ3) is 4.12. The maximum atomic E-state index is 12.5. The van der Waals surface area contributed by atoms with E-state index in [-0.39, 0.29) is 11.9 Å². The first-order valence-corrected chi connectivity index (χ1v) is 8.19. The van der Waals surface area contributed by atoms with Gasteiger partial charge in [0.15, 0.2) is 0 Å². The highest BCUT2D eigenvalue weighted by atomic mass is 35.5. The molecule has 1 fully saturated rings. The van der Waals surface area contributed by atoms with Gasteiger partial charge >= 0.3 is 0 Å². The van der Waals surface area contributed by atoms with Crippen molar-refractivity contribution in [2.45, 2.75) is 25.5 Å². The summed E-state index contributed by atoms with van der Waals surface area (Å²) in [6.45, 7) is 0.553. The van der Waals surface area contributed by atoms with Gasteiger partial charge in [-0.25, -0.2) is 0 Å². The fourth-order valence-corrected chi connectivity index (χ4v) is 2.84. The zero-order valence-electron chi connectivity index (χ0n) is 13.1. The van der Waals surface area contributed by atoms with Crippen molar-refractivity contribution in [2.24, 2.45) is 5.92 Å². The lowest BCUT2D eigenvalue weighted by molar-refractivity contribution is 0.0931. The molecule has 4 heteroatoms. The Labute approximate surface area is 141 Å². The first-order valence-electron chi connectivity index (χ1n) is 7.81. The van der Waals surface area contributed by atoms with Crippen LogP contribution in [0.4, 0.5) is 0 Å². The smallest absolute Gasteiger partial charge is 0.251 e. The third-order valence-electron chi connectivity index (χ3n) is 4.14. The highest BCUT2D eigenvalue weighted by molar-refractivity contribution is 6.30. The molecule has 0 saturated heterocycles. The lowest BCUT2D eigenvalue weighted by atomic mass is 10.0. The molecule has 0 bridgehead atoms. The van der Waals surface area contributed by atoms with Crippen molar-refractivity contribution < 1.29 is 9.53 Å². The second-order valence-electron chi connectivity index (χ2n) is 5.97. The molecular weight excluding hydrogens is 310 g/mol. The van der Waals surface area contributed by atoms with Gasteiger partial charge in [-0.05, 0) is 54.2 Å². The molecule has 1 N–H and O–H groups in total. The van der Waals surface area contributed by atoms with Crippen molar-refractivity contribution in [3.8, 4) is 0 Å². The highest BCUT2D eigenvalue weighted by Crippen LogP contribution is 2.41. The number of methoxy groups -OCH3 is 1. The number of hydrogen-bond donors (Lipinski definition) is 1. The van der Waals surface area contributed by atoms with E-state index in [1.807, 2.05) is 48.5 Å². The Morgan fingerprint density at radius 3 is 2.39 bits per heavy atom. The van der Waals surface area contributed by atoms with Crippen molar-refractivity contribution in [3.63, 3.8) is 0 Å². The molecule has 23 heavy (non-hydrogen) atoms. The van der Waals surface area contributed by atoms with Gasteiger partial charge in [0.05, 0.1) is 12.6 Å². The minimum atomic E-state index is -0.0409. The number of nitrogens with one attached hydrogen (secondary N) is 1. The Morgan fingerprint density at radius 2 is 1.83 bits per heavy atom. The number of benzene rings is 2. The third-order valence-corrected chi connectivity index (χ3v) is 4.39. The molecule has 2 aromatic rings.